The van der Waals surface area contributed by atoms with Crippen LogP contribution in [0.2, 0.25) is 78.6 Å². The molecular formula is C21H54N2O2Si4. The maximum absolute atomic E-state index is 5.94. The topological polar surface area (TPSA) is 24.9 Å². The molecule has 0 bridgehead atoms. The Hall–Kier alpha value is 0.708. The number of hydrogen-bond donors (Lipinski definition) is 0. The summed E-state index contributed by atoms with van der Waals surface area (Å²) in [6, 6.07) is 0. The van der Waals surface area contributed by atoms with Crippen LogP contribution >= 0.6 is 0 Å². The minimum absolute atomic E-state index is 0.869. The second-order valence-electron chi connectivity index (χ2n) is 12.3. The highest BCUT2D eigenvalue weighted by molar-refractivity contribution is 6.90. The normalized spacial score (nSPS) is 14.3. The van der Waals surface area contributed by atoms with E-state index in [2.05, 4.69) is 87.0 Å². The van der Waals surface area contributed by atoms with Crippen LogP contribution in [-0.2, 0) is 9.47 Å². The van der Waals surface area contributed by atoms with E-state index in [-0.39, 0.29) is 0 Å². The molecule has 0 aliphatic rings. The summed E-state index contributed by atoms with van der Waals surface area (Å²) in [7, 11) is -4.95. The van der Waals surface area contributed by atoms with Crippen LogP contribution in [0.5, 0.6) is 0 Å². The molecule has 0 saturated heterocycles. The van der Waals surface area contributed by atoms with Gasteiger partial charge in [-0.15, -0.1) is 0 Å². The second-order valence-corrected chi connectivity index (χ2v) is 32.7. The summed E-state index contributed by atoms with van der Waals surface area (Å²) in [5.74, 6) is 0. The standard InChI is InChI=1S/C21H54N2O2Si4/c1-26(2,3)22(27(4,5)6)16-15-20-24-18-13-14-19-25-21-17-23(28(7,8)9)29(10,11)12/h13-21H2,1-12H3. The average molecular weight is 479 g/mol. The number of rotatable bonds is 16. The van der Waals surface area contributed by atoms with Crippen molar-refractivity contribution in [2.45, 2.75) is 97.8 Å². The third kappa shape index (κ3) is 13.7. The van der Waals surface area contributed by atoms with Gasteiger partial charge in [0, 0.05) is 26.4 Å². The lowest BCUT2D eigenvalue weighted by atomic mass is 10.3. The molecule has 0 aromatic carbocycles. The maximum atomic E-state index is 5.94. The first kappa shape index (κ1) is 29.7. The molecule has 0 rings (SSSR count). The zero-order chi connectivity index (χ0) is 22.9. The van der Waals surface area contributed by atoms with Crippen LogP contribution in [-0.4, -0.2) is 80.9 Å². The highest BCUT2D eigenvalue weighted by atomic mass is 28.4. The Kier molecular flexibility index (Phi) is 13.0. The lowest BCUT2D eigenvalue weighted by Gasteiger charge is -2.43. The van der Waals surface area contributed by atoms with Crippen LogP contribution in [0.3, 0.4) is 0 Å². The Morgan fingerprint density at radius 2 is 0.724 bits per heavy atom. The smallest absolute Gasteiger partial charge is 0.112 e. The van der Waals surface area contributed by atoms with E-state index < -0.39 is 32.9 Å². The fraction of sp³-hybridized carbons (Fsp3) is 1.00. The number of nitrogens with zero attached hydrogens (tertiary/aromatic N) is 2. The Labute approximate surface area is 188 Å². The highest BCUT2D eigenvalue weighted by Gasteiger charge is 2.34. The molecule has 0 aromatic heterocycles. The SMILES string of the molecule is C[Si](C)(C)N(CCCOCCCCOCCN([Si](C)(C)C)[Si](C)(C)C)[Si](C)(C)C. The fourth-order valence-corrected chi connectivity index (χ4v) is 23.7. The van der Waals surface area contributed by atoms with Crippen molar-refractivity contribution in [3.63, 3.8) is 0 Å². The number of ether oxygens (including phenoxy) is 2. The quantitative estimate of drug-likeness (QED) is 0.197. The molecule has 0 amide bonds. The van der Waals surface area contributed by atoms with Gasteiger partial charge in [0.2, 0.25) is 0 Å². The van der Waals surface area contributed by atoms with Crippen molar-refractivity contribution in [1.29, 1.82) is 0 Å². The summed E-state index contributed by atoms with van der Waals surface area (Å²) in [4.78, 5) is 0. The second kappa shape index (κ2) is 12.7. The van der Waals surface area contributed by atoms with E-state index in [9.17, 15) is 0 Å². The van der Waals surface area contributed by atoms with E-state index in [1.165, 1.54) is 6.54 Å². The fourth-order valence-electron chi connectivity index (χ4n) is 4.45. The average Bonchev–Trinajstić information content (AvgIpc) is 2.46. The number of unbranched alkanes of at least 4 members (excludes halogenated alkanes) is 1. The molecule has 0 fully saturated rings. The van der Waals surface area contributed by atoms with E-state index in [1.807, 2.05) is 0 Å². The third-order valence-electron chi connectivity index (χ3n) is 5.20. The van der Waals surface area contributed by atoms with Crippen LogP contribution in [0.1, 0.15) is 19.3 Å². The van der Waals surface area contributed by atoms with E-state index in [1.54, 1.807) is 0 Å². The van der Waals surface area contributed by atoms with Gasteiger partial charge in [-0.25, -0.2) is 0 Å². The van der Waals surface area contributed by atoms with E-state index in [0.29, 0.717) is 0 Å². The molecule has 0 aromatic rings. The molecule has 0 aliphatic heterocycles. The Balaban J connectivity index is 3.84. The molecule has 0 spiro atoms. The van der Waals surface area contributed by atoms with E-state index >= 15 is 0 Å². The summed E-state index contributed by atoms with van der Waals surface area (Å²) < 4.78 is 17.5. The van der Waals surface area contributed by atoms with Gasteiger partial charge in [-0.1, -0.05) is 78.6 Å². The van der Waals surface area contributed by atoms with Crippen molar-refractivity contribution in [2.24, 2.45) is 0 Å². The Bertz CT molecular complexity index is 370. The predicted octanol–water partition coefficient (Wildman–Crippen LogP) is 6.13. The van der Waals surface area contributed by atoms with Crippen molar-refractivity contribution < 1.29 is 9.47 Å². The molecule has 0 unspecified atom stereocenters. The van der Waals surface area contributed by atoms with Crippen molar-refractivity contribution in [2.75, 3.05) is 39.5 Å². The molecule has 0 saturated carbocycles. The van der Waals surface area contributed by atoms with E-state index in [4.69, 9.17) is 9.47 Å². The molecule has 4 nitrogen and oxygen atoms in total. The van der Waals surface area contributed by atoms with Crippen molar-refractivity contribution in [3.05, 3.63) is 0 Å². The molecule has 0 heterocycles. The Morgan fingerprint density at radius 1 is 0.414 bits per heavy atom. The highest BCUT2D eigenvalue weighted by Crippen LogP contribution is 2.20. The van der Waals surface area contributed by atoms with Crippen LogP contribution in [0.15, 0.2) is 0 Å². The van der Waals surface area contributed by atoms with Gasteiger partial charge in [0.05, 0.1) is 6.61 Å². The monoisotopic (exact) mass is 478 g/mol. The lowest BCUT2D eigenvalue weighted by Crippen LogP contribution is -2.59. The lowest BCUT2D eigenvalue weighted by molar-refractivity contribution is 0.0994. The summed E-state index contributed by atoms with van der Waals surface area (Å²) in [5.41, 5.74) is 0. The van der Waals surface area contributed by atoms with E-state index in [0.717, 1.165) is 52.2 Å². The molecule has 176 valence electrons. The van der Waals surface area contributed by atoms with Crippen molar-refractivity contribution in [1.82, 2.24) is 8.46 Å². The van der Waals surface area contributed by atoms with Gasteiger partial charge in [0.25, 0.3) is 0 Å². The molecule has 0 N–H and O–H groups in total. The molecular weight excluding hydrogens is 425 g/mol. The zero-order valence-corrected chi connectivity index (χ0v) is 26.1. The van der Waals surface area contributed by atoms with Gasteiger partial charge in [0.15, 0.2) is 0 Å². The number of hydrogen-bond acceptors (Lipinski definition) is 4. The molecule has 0 radical (unpaired) electrons. The zero-order valence-electron chi connectivity index (χ0n) is 22.1. The van der Waals surface area contributed by atoms with Crippen molar-refractivity contribution in [3.8, 4) is 0 Å². The Morgan fingerprint density at radius 3 is 1.10 bits per heavy atom. The predicted molar refractivity (Wildman–Crippen MR) is 142 cm³/mol. The minimum Gasteiger partial charge on any atom is -0.381 e. The van der Waals surface area contributed by atoms with Gasteiger partial charge in [-0.05, 0) is 25.8 Å². The van der Waals surface area contributed by atoms with Gasteiger partial charge in [-0.2, -0.15) is 0 Å². The van der Waals surface area contributed by atoms with Crippen molar-refractivity contribution >= 4 is 32.9 Å². The first-order valence-electron chi connectivity index (χ1n) is 11.7. The van der Waals surface area contributed by atoms with Gasteiger partial charge < -0.3 is 17.9 Å². The molecule has 8 heteroatoms. The summed E-state index contributed by atoms with van der Waals surface area (Å²) in [6.07, 6.45) is 3.38. The first-order valence-corrected chi connectivity index (χ1v) is 25.5. The van der Waals surface area contributed by atoms with Crippen LogP contribution < -0.4 is 0 Å². The third-order valence-corrected chi connectivity index (χ3v) is 20.6. The first-order chi connectivity index (χ1) is 13.0. The molecule has 29 heavy (non-hydrogen) atoms. The summed E-state index contributed by atoms with van der Waals surface area (Å²) in [6.45, 7) is 35.4. The van der Waals surface area contributed by atoms with Crippen LogP contribution in [0.4, 0.5) is 0 Å². The van der Waals surface area contributed by atoms with Gasteiger partial charge >= 0.3 is 0 Å². The largest absolute Gasteiger partial charge is 0.381 e. The van der Waals surface area contributed by atoms with Gasteiger partial charge in [0.1, 0.15) is 32.9 Å². The summed E-state index contributed by atoms with van der Waals surface area (Å²) in [5, 5.41) is 0. The van der Waals surface area contributed by atoms with Crippen LogP contribution in [0, 0.1) is 0 Å². The van der Waals surface area contributed by atoms with Crippen LogP contribution in [0.25, 0.3) is 0 Å². The molecule has 0 aliphatic carbocycles. The minimum atomic E-state index is -1.25. The molecule has 0 atom stereocenters. The van der Waals surface area contributed by atoms with Gasteiger partial charge in [-0.3, -0.25) is 0 Å². The summed E-state index contributed by atoms with van der Waals surface area (Å²) >= 11 is 0. The maximum Gasteiger partial charge on any atom is 0.112 e.